The number of rotatable bonds is 10. The number of ether oxygens (including phenoxy) is 1. The molecule has 0 fully saturated rings. The minimum atomic E-state index is 0.123. The topological polar surface area (TPSA) is 38.3 Å². The highest BCUT2D eigenvalue weighted by Crippen LogP contribution is 2.01. The zero-order chi connectivity index (χ0) is 13.8. The largest absolute Gasteiger partial charge is 0.381 e. The fourth-order valence-corrected chi connectivity index (χ4v) is 1.74. The number of hydrogen-bond donors (Lipinski definition) is 1. The number of benzene rings is 1. The molecule has 1 rings (SSSR count). The summed E-state index contributed by atoms with van der Waals surface area (Å²) in [6.45, 7) is 4.42. The van der Waals surface area contributed by atoms with Gasteiger partial charge in [0.25, 0.3) is 0 Å². The first-order chi connectivity index (χ1) is 9.33. The molecule has 0 saturated carbocycles. The van der Waals surface area contributed by atoms with Gasteiger partial charge in [0.2, 0.25) is 5.91 Å². The van der Waals surface area contributed by atoms with E-state index < -0.39 is 0 Å². The summed E-state index contributed by atoms with van der Waals surface area (Å²) in [6, 6.07) is 10.1. The zero-order valence-electron chi connectivity index (χ0n) is 11.9. The third-order valence-corrected chi connectivity index (χ3v) is 2.91. The predicted octanol–water partition coefficient (Wildman–Crippen LogP) is 2.94. The van der Waals surface area contributed by atoms with Crippen LogP contribution in [0.4, 0.5) is 0 Å². The fraction of sp³-hybridized carbons (Fsp3) is 0.562. The zero-order valence-corrected chi connectivity index (χ0v) is 11.9. The SMILES string of the molecule is CCCCOCCCNC(=O)CCc1ccccc1. The molecule has 0 saturated heterocycles. The van der Waals surface area contributed by atoms with Gasteiger partial charge in [0.15, 0.2) is 0 Å². The lowest BCUT2D eigenvalue weighted by atomic mass is 10.1. The molecule has 1 amide bonds. The number of nitrogens with one attached hydrogen (secondary N) is 1. The van der Waals surface area contributed by atoms with E-state index in [-0.39, 0.29) is 5.91 Å². The van der Waals surface area contributed by atoms with Crippen molar-refractivity contribution in [3.63, 3.8) is 0 Å². The summed E-state index contributed by atoms with van der Waals surface area (Å²) in [5.74, 6) is 0.123. The van der Waals surface area contributed by atoms with E-state index in [0.717, 1.165) is 38.9 Å². The van der Waals surface area contributed by atoms with Crippen molar-refractivity contribution in [2.24, 2.45) is 0 Å². The second-order valence-corrected chi connectivity index (χ2v) is 4.66. The molecule has 3 heteroatoms. The summed E-state index contributed by atoms with van der Waals surface area (Å²) < 4.78 is 5.43. The molecule has 0 aliphatic heterocycles. The molecule has 0 bridgehead atoms. The van der Waals surface area contributed by atoms with Gasteiger partial charge in [-0.1, -0.05) is 43.7 Å². The fourth-order valence-electron chi connectivity index (χ4n) is 1.74. The normalized spacial score (nSPS) is 10.4. The van der Waals surface area contributed by atoms with E-state index in [2.05, 4.69) is 24.4 Å². The van der Waals surface area contributed by atoms with Gasteiger partial charge in [-0.25, -0.2) is 0 Å². The Morgan fingerprint density at radius 3 is 2.63 bits per heavy atom. The van der Waals surface area contributed by atoms with Crippen LogP contribution < -0.4 is 5.32 Å². The van der Waals surface area contributed by atoms with Gasteiger partial charge in [-0.05, 0) is 24.8 Å². The molecule has 0 unspecified atom stereocenters. The van der Waals surface area contributed by atoms with Crippen LogP contribution in [-0.4, -0.2) is 25.7 Å². The van der Waals surface area contributed by atoms with E-state index in [0.29, 0.717) is 13.0 Å². The van der Waals surface area contributed by atoms with Crippen molar-refractivity contribution in [1.29, 1.82) is 0 Å². The van der Waals surface area contributed by atoms with Gasteiger partial charge >= 0.3 is 0 Å². The van der Waals surface area contributed by atoms with Crippen molar-refractivity contribution in [3.8, 4) is 0 Å². The molecule has 0 aliphatic carbocycles. The van der Waals surface area contributed by atoms with Gasteiger partial charge in [0.1, 0.15) is 0 Å². The van der Waals surface area contributed by atoms with Crippen LogP contribution in [0.5, 0.6) is 0 Å². The van der Waals surface area contributed by atoms with Crippen molar-refractivity contribution in [2.45, 2.75) is 39.0 Å². The van der Waals surface area contributed by atoms with Crippen LogP contribution in [0.25, 0.3) is 0 Å². The molecule has 19 heavy (non-hydrogen) atoms. The van der Waals surface area contributed by atoms with Gasteiger partial charge < -0.3 is 10.1 Å². The highest BCUT2D eigenvalue weighted by atomic mass is 16.5. The summed E-state index contributed by atoms with van der Waals surface area (Å²) in [7, 11) is 0. The van der Waals surface area contributed by atoms with Crippen LogP contribution in [0.15, 0.2) is 30.3 Å². The molecule has 1 aromatic rings. The molecule has 1 N–H and O–H groups in total. The quantitative estimate of drug-likeness (QED) is 0.659. The number of hydrogen-bond acceptors (Lipinski definition) is 2. The first-order valence-corrected chi connectivity index (χ1v) is 7.21. The van der Waals surface area contributed by atoms with E-state index in [1.807, 2.05) is 18.2 Å². The van der Waals surface area contributed by atoms with Crippen molar-refractivity contribution in [2.75, 3.05) is 19.8 Å². The Hall–Kier alpha value is -1.35. The molecule has 0 atom stereocenters. The first kappa shape index (κ1) is 15.7. The van der Waals surface area contributed by atoms with E-state index in [1.54, 1.807) is 0 Å². The lowest BCUT2D eigenvalue weighted by Crippen LogP contribution is -2.25. The average molecular weight is 263 g/mol. The Labute approximate surface area is 116 Å². The lowest BCUT2D eigenvalue weighted by molar-refractivity contribution is -0.121. The maximum atomic E-state index is 11.6. The Morgan fingerprint density at radius 1 is 1.16 bits per heavy atom. The van der Waals surface area contributed by atoms with Gasteiger partial charge in [-0.15, -0.1) is 0 Å². The van der Waals surface area contributed by atoms with E-state index in [1.165, 1.54) is 5.56 Å². The summed E-state index contributed by atoms with van der Waals surface area (Å²) in [4.78, 5) is 11.6. The summed E-state index contributed by atoms with van der Waals surface area (Å²) in [5.41, 5.74) is 1.21. The third-order valence-electron chi connectivity index (χ3n) is 2.91. The van der Waals surface area contributed by atoms with Crippen molar-refractivity contribution >= 4 is 5.91 Å². The minimum absolute atomic E-state index is 0.123. The molecule has 0 spiro atoms. The third kappa shape index (κ3) is 8.38. The Balaban J connectivity index is 1.96. The monoisotopic (exact) mass is 263 g/mol. The molecule has 1 aromatic carbocycles. The van der Waals surface area contributed by atoms with E-state index in [9.17, 15) is 4.79 Å². The smallest absolute Gasteiger partial charge is 0.220 e. The lowest BCUT2D eigenvalue weighted by Gasteiger charge is -2.06. The molecule has 106 valence electrons. The average Bonchev–Trinajstić information content (AvgIpc) is 2.45. The molecule has 0 radical (unpaired) electrons. The number of carbonyl (C=O) groups is 1. The number of carbonyl (C=O) groups excluding carboxylic acids is 1. The van der Waals surface area contributed by atoms with Crippen LogP contribution >= 0.6 is 0 Å². The second kappa shape index (κ2) is 10.6. The number of unbranched alkanes of at least 4 members (excludes halogenated alkanes) is 1. The molecule has 3 nitrogen and oxygen atoms in total. The molecular weight excluding hydrogens is 238 g/mol. The Kier molecular flexibility index (Phi) is 8.73. The van der Waals surface area contributed by atoms with Crippen LogP contribution in [0.3, 0.4) is 0 Å². The van der Waals surface area contributed by atoms with Crippen molar-refractivity contribution in [3.05, 3.63) is 35.9 Å². The number of amides is 1. The van der Waals surface area contributed by atoms with Gasteiger partial charge in [0, 0.05) is 26.2 Å². The summed E-state index contributed by atoms with van der Waals surface area (Å²) >= 11 is 0. The summed E-state index contributed by atoms with van der Waals surface area (Å²) in [5, 5.41) is 2.92. The van der Waals surface area contributed by atoms with Crippen molar-refractivity contribution in [1.82, 2.24) is 5.32 Å². The molecule has 0 aliphatic rings. The highest BCUT2D eigenvalue weighted by Gasteiger charge is 2.01. The Bertz CT molecular complexity index is 338. The molecule has 0 heterocycles. The molecular formula is C16H25NO2. The van der Waals surface area contributed by atoms with Crippen LogP contribution in [0.1, 0.15) is 38.2 Å². The number of aryl methyl sites for hydroxylation is 1. The second-order valence-electron chi connectivity index (χ2n) is 4.66. The molecule has 0 aromatic heterocycles. The van der Waals surface area contributed by atoms with Gasteiger partial charge in [-0.2, -0.15) is 0 Å². The highest BCUT2D eigenvalue weighted by molar-refractivity contribution is 5.76. The van der Waals surface area contributed by atoms with Crippen LogP contribution in [0.2, 0.25) is 0 Å². The van der Waals surface area contributed by atoms with E-state index >= 15 is 0 Å². The van der Waals surface area contributed by atoms with Crippen molar-refractivity contribution < 1.29 is 9.53 Å². The maximum Gasteiger partial charge on any atom is 0.220 e. The van der Waals surface area contributed by atoms with Crippen LogP contribution in [0, 0.1) is 0 Å². The minimum Gasteiger partial charge on any atom is -0.381 e. The van der Waals surface area contributed by atoms with Gasteiger partial charge in [0.05, 0.1) is 0 Å². The summed E-state index contributed by atoms with van der Waals surface area (Å²) in [6.07, 6.45) is 4.53. The van der Waals surface area contributed by atoms with Gasteiger partial charge in [-0.3, -0.25) is 4.79 Å². The first-order valence-electron chi connectivity index (χ1n) is 7.21. The standard InChI is InChI=1S/C16H25NO2/c1-2-3-13-19-14-7-12-17-16(18)11-10-15-8-5-4-6-9-15/h4-6,8-9H,2-3,7,10-14H2,1H3,(H,17,18). The maximum absolute atomic E-state index is 11.6. The predicted molar refractivity (Wildman–Crippen MR) is 78.1 cm³/mol. The Morgan fingerprint density at radius 2 is 1.89 bits per heavy atom. The van der Waals surface area contributed by atoms with Crippen LogP contribution in [-0.2, 0) is 16.0 Å². The van der Waals surface area contributed by atoms with E-state index in [4.69, 9.17) is 4.74 Å².